The van der Waals surface area contributed by atoms with Gasteiger partial charge in [-0.15, -0.1) is 0 Å². The first kappa shape index (κ1) is 18.5. The number of hydrogen-bond donors (Lipinski definition) is 2. The molecule has 4 atom stereocenters. The lowest BCUT2D eigenvalue weighted by Crippen LogP contribution is -2.45. The summed E-state index contributed by atoms with van der Waals surface area (Å²) < 4.78 is 5.73. The van der Waals surface area contributed by atoms with E-state index in [1.54, 1.807) is 24.3 Å². The van der Waals surface area contributed by atoms with Crippen molar-refractivity contribution in [3.63, 3.8) is 0 Å². The molecule has 0 aromatic heterocycles. The number of carbonyl (C=O) groups excluding carboxylic acids is 2. The van der Waals surface area contributed by atoms with Gasteiger partial charge in [0, 0.05) is 11.7 Å². The Morgan fingerprint density at radius 2 is 1.64 bits per heavy atom. The van der Waals surface area contributed by atoms with Gasteiger partial charge < -0.3 is 15.4 Å². The molecule has 28 heavy (non-hydrogen) atoms. The highest BCUT2D eigenvalue weighted by atomic mass is 16.5. The average Bonchev–Trinajstić information content (AvgIpc) is 3.34. The van der Waals surface area contributed by atoms with E-state index in [2.05, 4.69) is 10.6 Å². The van der Waals surface area contributed by atoms with Crippen LogP contribution in [0.3, 0.4) is 0 Å². The third kappa shape index (κ3) is 4.19. The number of anilines is 1. The predicted molar refractivity (Wildman–Crippen MR) is 108 cm³/mol. The molecule has 2 aliphatic carbocycles. The average molecular weight is 378 g/mol. The van der Waals surface area contributed by atoms with E-state index in [0.29, 0.717) is 23.3 Å². The van der Waals surface area contributed by atoms with Gasteiger partial charge >= 0.3 is 11.8 Å². The maximum absolute atomic E-state index is 12.3. The summed E-state index contributed by atoms with van der Waals surface area (Å²) in [5.74, 6) is 2.24. The molecular weight excluding hydrogens is 352 g/mol. The molecule has 2 amide bonds. The minimum absolute atomic E-state index is 0.0372. The van der Waals surface area contributed by atoms with Crippen molar-refractivity contribution in [3.05, 3.63) is 54.6 Å². The number of fused-ring (bicyclic) bond motifs is 2. The zero-order valence-corrected chi connectivity index (χ0v) is 16.1. The third-order valence-electron chi connectivity index (χ3n) is 6.09. The third-order valence-corrected chi connectivity index (χ3v) is 6.09. The largest absolute Gasteiger partial charge is 0.457 e. The second kappa shape index (κ2) is 8.05. The van der Waals surface area contributed by atoms with E-state index in [4.69, 9.17) is 4.74 Å². The van der Waals surface area contributed by atoms with Gasteiger partial charge in [-0.1, -0.05) is 24.6 Å². The number of benzene rings is 2. The van der Waals surface area contributed by atoms with Gasteiger partial charge in [-0.2, -0.15) is 0 Å². The Balaban J connectivity index is 1.28. The molecule has 4 unspecified atom stereocenters. The highest BCUT2D eigenvalue weighted by Gasteiger charge is 2.42. The minimum atomic E-state index is -0.633. The fourth-order valence-corrected chi connectivity index (χ4v) is 4.70. The maximum Gasteiger partial charge on any atom is 0.313 e. The molecule has 2 bridgehead atoms. The Bertz CT molecular complexity index is 835. The number of ether oxygens (including phenoxy) is 1. The van der Waals surface area contributed by atoms with Gasteiger partial charge in [0.15, 0.2) is 0 Å². The molecule has 0 heterocycles. The van der Waals surface area contributed by atoms with Crippen LogP contribution in [0.25, 0.3) is 0 Å². The summed E-state index contributed by atoms with van der Waals surface area (Å²) in [6.45, 7) is 2.02. The molecule has 0 aliphatic heterocycles. The normalized spacial score (nSPS) is 23.8. The van der Waals surface area contributed by atoms with E-state index in [1.165, 1.54) is 25.7 Å². The lowest BCUT2D eigenvalue weighted by atomic mass is 9.84. The monoisotopic (exact) mass is 378 g/mol. The molecule has 146 valence electrons. The molecule has 2 aliphatic rings. The second-order valence-corrected chi connectivity index (χ2v) is 7.99. The van der Waals surface area contributed by atoms with Crippen LogP contribution in [0.5, 0.6) is 11.5 Å². The van der Waals surface area contributed by atoms with Crippen LogP contribution < -0.4 is 15.4 Å². The molecule has 0 radical (unpaired) electrons. The van der Waals surface area contributed by atoms with Crippen LogP contribution >= 0.6 is 0 Å². The van der Waals surface area contributed by atoms with Gasteiger partial charge in [0.2, 0.25) is 0 Å². The Morgan fingerprint density at radius 3 is 2.29 bits per heavy atom. The fourth-order valence-electron chi connectivity index (χ4n) is 4.70. The van der Waals surface area contributed by atoms with Crippen molar-refractivity contribution in [3.8, 4) is 11.5 Å². The summed E-state index contributed by atoms with van der Waals surface area (Å²) >= 11 is 0. The van der Waals surface area contributed by atoms with Gasteiger partial charge in [-0.05, 0) is 80.3 Å². The van der Waals surface area contributed by atoms with Crippen molar-refractivity contribution < 1.29 is 14.3 Å². The zero-order valence-electron chi connectivity index (χ0n) is 16.1. The van der Waals surface area contributed by atoms with E-state index < -0.39 is 11.8 Å². The quantitative estimate of drug-likeness (QED) is 0.760. The number of amides is 2. The van der Waals surface area contributed by atoms with Crippen molar-refractivity contribution in [2.45, 2.75) is 38.6 Å². The van der Waals surface area contributed by atoms with Gasteiger partial charge in [-0.25, -0.2) is 0 Å². The van der Waals surface area contributed by atoms with Crippen LogP contribution in [0.2, 0.25) is 0 Å². The van der Waals surface area contributed by atoms with Crippen LogP contribution in [0.15, 0.2) is 54.6 Å². The molecular formula is C23H26N2O3. The molecule has 4 rings (SSSR count). The Hall–Kier alpha value is -2.82. The summed E-state index contributed by atoms with van der Waals surface area (Å²) in [6, 6.07) is 16.5. The molecule has 0 spiro atoms. The Morgan fingerprint density at radius 1 is 0.929 bits per heavy atom. The van der Waals surface area contributed by atoms with E-state index in [0.717, 1.165) is 11.7 Å². The lowest BCUT2D eigenvalue weighted by molar-refractivity contribution is -0.136. The molecule has 2 aromatic carbocycles. The van der Waals surface area contributed by atoms with Crippen LogP contribution in [-0.2, 0) is 9.59 Å². The van der Waals surface area contributed by atoms with Crippen LogP contribution in [-0.4, -0.2) is 17.9 Å². The lowest BCUT2D eigenvalue weighted by Gasteiger charge is -2.28. The highest BCUT2D eigenvalue weighted by Crippen LogP contribution is 2.49. The molecule has 2 saturated carbocycles. The number of hydrogen-bond acceptors (Lipinski definition) is 3. The number of carbonyl (C=O) groups is 2. The number of rotatable bonds is 5. The molecule has 2 N–H and O–H groups in total. The van der Waals surface area contributed by atoms with E-state index >= 15 is 0 Å². The van der Waals surface area contributed by atoms with Gasteiger partial charge in [-0.3, -0.25) is 9.59 Å². The van der Waals surface area contributed by atoms with Crippen molar-refractivity contribution in [2.75, 3.05) is 5.32 Å². The van der Waals surface area contributed by atoms with Gasteiger partial charge in [0.05, 0.1) is 0 Å². The Labute approximate surface area is 165 Å². The van der Waals surface area contributed by atoms with Gasteiger partial charge in [0.1, 0.15) is 11.5 Å². The van der Waals surface area contributed by atoms with Crippen LogP contribution in [0.1, 0.15) is 32.6 Å². The number of nitrogens with one attached hydrogen (secondary N) is 2. The predicted octanol–water partition coefficient (Wildman–Crippen LogP) is 4.36. The molecule has 0 saturated heterocycles. The maximum atomic E-state index is 12.3. The van der Waals surface area contributed by atoms with E-state index in [1.807, 2.05) is 37.3 Å². The molecule has 5 nitrogen and oxygen atoms in total. The van der Waals surface area contributed by atoms with Crippen molar-refractivity contribution in [1.29, 1.82) is 0 Å². The summed E-state index contributed by atoms with van der Waals surface area (Å²) in [4.78, 5) is 24.5. The molecule has 2 aromatic rings. The standard InChI is InChI=1S/C23H26N2O3/c1-15(21-14-16-7-8-17(21)13-16)24-22(26)23(27)25-18-9-11-20(12-10-18)28-19-5-3-2-4-6-19/h2-6,9-12,15-17,21H,7-8,13-14H2,1H3,(H,24,26)(H,25,27). The summed E-state index contributed by atoms with van der Waals surface area (Å²) in [5, 5.41) is 5.55. The second-order valence-electron chi connectivity index (χ2n) is 7.99. The van der Waals surface area contributed by atoms with Crippen LogP contribution in [0, 0.1) is 17.8 Å². The minimum Gasteiger partial charge on any atom is -0.457 e. The smallest absolute Gasteiger partial charge is 0.313 e. The summed E-state index contributed by atoms with van der Waals surface area (Å²) in [5.41, 5.74) is 0.563. The molecule has 2 fully saturated rings. The number of para-hydroxylation sites is 1. The van der Waals surface area contributed by atoms with Crippen molar-refractivity contribution in [1.82, 2.24) is 5.32 Å². The summed E-state index contributed by atoms with van der Waals surface area (Å²) in [6.07, 6.45) is 5.05. The SMILES string of the molecule is CC(NC(=O)C(=O)Nc1ccc(Oc2ccccc2)cc1)C1CC2CCC1C2. The molecule has 5 heteroatoms. The van der Waals surface area contributed by atoms with E-state index in [9.17, 15) is 9.59 Å². The van der Waals surface area contributed by atoms with Crippen LogP contribution in [0.4, 0.5) is 5.69 Å². The van der Waals surface area contributed by atoms with Crippen molar-refractivity contribution >= 4 is 17.5 Å². The topological polar surface area (TPSA) is 67.4 Å². The first-order valence-corrected chi connectivity index (χ1v) is 10.0. The fraction of sp³-hybridized carbons (Fsp3) is 0.391. The Kier molecular flexibility index (Phi) is 5.33. The van der Waals surface area contributed by atoms with Gasteiger partial charge in [0.25, 0.3) is 0 Å². The van der Waals surface area contributed by atoms with Crippen molar-refractivity contribution in [2.24, 2.45) is 17.8 Å². The van der Waals surface area contributed by atoms with E-state index in [-0.39, 0.29) is 6.04 Å². The first-order chi connectivity index (χ1) is 13.6. The zero-order chi connectivity index (χ0) is 19.5. The summed E-state index contributed by atoms with van der Waals surface area (Å²) in [7, 11) is 0. The first-order valence-electron chi connectivity index (χ1n) is 10.0. The highest BCUT2D eigenvalue weighted by molar-refractivity contribution is 6.39.